The number of nitrogens with one attached hydrogen (secondary N) is 2. The van der Waals surface area contributed by atoms with Gasteiger partial charge in [-0.05, 0) is 54.7 Å². The van der Waals surface area contributed by atoms with E-state index in [2.05, 4.69) is 20.9 Å². The van der Waals surface area contributed by atoms with Crippen molar-refractivity contribution in [3.63, 3.8) is 0 Å². The van der Waals surface area contributed by atoms with Gasteiger partial charge in [0.2, 0.25) is 0 Å². The topological polar surface area (TPSA) is 91.9 Å². The Hall–Kier alpha value is -4.07. The van der Waals surface area contributed by atoms with Gasteiger partial charge < -0.3 is 10.6 Å². The first kappa shape index (κ1) is 25.6. The molecule has 0 atom stereocenters. The molecule has 0 unspecified atom stereocenters. The minimum Gasteiger partial charge on any atom is -0.332 e. The van der Waals surface area contributed by atoms with E-state index in [0.29, 0.717) is 23.5 Å². The van der Waals surface area contributed by atoms with E-state index in [1.807, 2.05) is 0 Å². The van der Waals surface area contributed by atoms with Gasteiger partial charge in [0.15, 0.2) is 5.11 Å². The Balaban J connectivity index is 1.75. The van der Waals surface area contributed by atoms with Crippen LogP contribution in [0.3, 0.4) is 0 Å². The molecule has 0 aromatic heterocycles. The van der Waals surface area contributed by atoms with Gasteiger partial charge in [0, 0.05) is 23.5 Å². The Labute approximate surface area is 198 Å². The van der Waals surface area contributed by atoms with Crippen molar-refractivity contribution in [2.45, 2.75) is 12.4 Å². The summed E-state index contributed by atoms with van der Waals surface area (Å²) >= 11 is 5.01. The Morgan fingerprint density at radius 1 is 0.771 bits per heavy atom. The first-order chi connectivity index (χ1) is 16.3. The summed E-state index contributed by atoms with van der Waals surface area (Å²) in [5.41, 5.74) is -2.83. The van der Waals surface area contributed by atoms with Crippen LogP contribution in [0, 0.1) is 10.1 Å². The van der Waals surface area contributed by atoms with Crippen molar-refractivity contribution < 1.29 is 31.3 Å². The number of nitro benzene ring substituents is 1. The molecule has 35 heavy (non-hydrogen) atoms. The summed E-state index contributed by atoms with van der Waals surface area (Å²) in [6.07, 6.45) is -9.99. The van der Waals surface area contributed by atoms with Crippen LogP contribution in [0.15, 0.2) is 77.0 Å². The van der Waals surface area contributed by atoms with Crippen molar-refractivity contribution in [2.75, 3.05) is 10.6 Å². The molecule has 3 aromatic carbocycles. The standard InChI is InChI=1S/C21H13F6N5O2S/c22-20(23,24)12-7-13(21(25,26)27)9-17(8-12)29-19(35)28-14-3-1-4-15(10-14)30-31-16-5-2-6-18(11-16)32(33)34/h1-11H,(H2,28,29,35). The highest BCUT2D eigenvalue weighted by atomic mass is 32.1. The van der Waals surface area contributed by atoms with Gasteiger partial charge in [0.1, 0.15) is 0 Å². The third kappa shape index (κ3) is 7.20. The van der Waals surface area contributed by atoms with E-state index in [9.17, 15) is 36.5 Å². The lowest BCUT2D eigenvalue weighted by atomic mass is 10.1. The van der Waals surface area contributed by atoms with E-state index in [1.54, 1.807) is 12.1 Å². The molecule has 0 aliphatic heterocycles. The third-order valence-electron chi connectivity index (χ3n) is 4.27. The zero-order valence-electron chi connectivity index (χ0n) is 17.2. The van der Waals surface area contributed by atoms with Crippen molar-refractivity contribution in [3.05, 3.63) is 88.0 Å². The van der Waals surface area contributed by atoms with Gasteiger partial charge in [-0.2, -0.15) is 36.6 Å². The van der Waals surface area contributed by atoms with Gasteiger partial charge >= 0.3 is 12.4 Å². The minimum atomic E-state index is -4.99. The summed E-state index contributed by atoms with van der Waals surface area (Å²) in [7, 11) is 0. The van der Waals surface area contributed by atoms with Crippen molar-refractivity contribution >= 4 is 45.8 Å². The zero-order valence-corrected chi connectivity index (χ0v) is 18.0. The fourth-order valence-electron chi connectivity index (χ4n) is 2.75. The van der Waals surface area contributed by atoms with E-state index in [0.717, 1.165) is 0 Å². The quantitative estimate of drug-likeness (QED) is 0.119. The Bertz CT molecular complexity index is 1260. The van der Waals surface area contributed by atoms with Crippen LogP contribution in [0.1, 0.15) is 11.1 Å². The number of thiocarbonyl (C=S) groups is 1. The van der Waals surface area contributed by atoms with Crippen molar-refractivity contribution in [1.82, 2.24) is 0 Å². The largest absolute Gasteiger partial charge is 0.416 e. The van der Waals surface area contributed by atoms with Crippen LogP contribution in [0.25, 0.3) is 0 Å². The number of nitrogens with zero attached hydrogens (tertiary/aromatic N) is 3. The van der Waals surface area contributed by atoms with Gasteiger partial charge in [-0.15, -0.1) is 0 Å². The molecule has 182 valence electrons. The highest BCUT2D eigenvalue weighted by Crippen LogP contribution is 2.37. The Morgan fingerprint density at radius 2 is 1.29 bits per heavy atom. The number of anilines is 2. The first-order valence-corrected chi connectivity index (χ1v) is 9.86. The SMILES string of the molecule is O=[N+]([O-])c1cccc(N=Nc2cccc(NC(=S)Nc3cc(C(F)(F)F)cc(C(F)(F)F)c3)c2)c1. The normalized spacial score (nSPS) is 11.9. The molecule has 0 saturated heterocycles. The van der Waals surface area contributed by atoms with Crippen LogP contribution in [0.5, 0.6) is 0 Å². The van der Waals surface area contributed by atoms with Gasteiger partial charge in [-0.1, -0.05) is 12.1 Å². The molecule has 0 heterocycles. The smallest absolute Gasteiger partial charge is 0.332 e. The molecule has 0 aliphatic rings. The molecule has 0 bridgehead atoms. The van der Waals surface area contributed by atoms with Crippen molar-refractivity contribution in [3.8, 4) is 0 Å². The average Bonchev–Trinajstić information content (AvgIpc) is 2.76. The number of nitro groups is 1. The predicted molar refractivity (Wildman–Crippen MR) is 120 cm³/mol. The highest BCUT2D eigenvalue weighted by molar-refractivity contribution is 7.80. The van der Waals surface area contributed by atoms with Crippen LogP contribution in [0.4, 0.5) is 54.8 Å². The molecular formula is C21H13F6N5O2S. The monoisotopic (exact) mass is 513 g/mol. The molecule has 0 fully saturated rings. The number of benzene rings is 3. The number of rotatable bonds is 5. The lowest BCUT2D eigenvalue weighted by molar-refractivity contribution is -0.384. The van der Waals surface area contributed by atoms with E-state index in [-0.39, 0.29) is 22.6 Å². The number of hydrogen-bond acceptors (Lipinski definition) is 5. The second-order valence-electron chi connectivity index (χ2n) is 6.90. The van der Waals surface area contributed by atoms with Gasteiger partial charge in [-0.3, -0.25) is 10.1 Å². The molecule has 0 spiro atoms. The van der Waals surface area contributed by atoms with Gasteiger partial charge in [0.25, 0.3) is 5.69 Å². The molecule has 0 amide bonds. The van der Waals surface area contributed by atoms with E-state index in [1.165, 1.54) is 36.4 Å². The number of alkyl halides is 6. The second-order valence-corrected chi connectivity index (χ2v) is 7.31. The fraction of sp³-hybridized carbons (Fsp3) is 0.0952. The maximum absolute atomic E-state index is 13.0. The average molecular weight is 513 g/mol. The Morgan fingerprint density at radius 3 is 1.83 bits per heavy atom. The number of halogens is 6. The summed E-state index contributed by atoms with van der Waals surface area (Å²) in [6.45, 7) is 0. The molecule has 3 rings (SSSR count). The summed E-state index contributed by atoms with van der Waals surface area (Å²) in [5.74, 6) is 0. The van der Waals surface area contributed by atoms with Gasteiger partial charge in [0.05, 0.1) is 27.4 Å². The van der Waals surface area contributed by atoms with Crippen LogP contribution < -0.4 is 10.6 Å². The Kier molecular flexibility index (Phi) is 7.34. The van der Waals surface area contributed by atoms with E-state index < -0.39 is 34.1 Å². The van der Waals surface area contributed by atoms with E-state index >= 15 is 0 Å². The van der Waals surface area contributed by atoms with Crippen LogP contribution >= 0.6 is 12.2 Å². The summed E-state index contributed by atoms with van der Waals surface area (Å²) in [5, 5.41) is 23.4. The zero-order chi connectivity index (χ0) is 25.8. The maximum Gasteiger partial charge on any atom is 0.416 e. The maximum atomic E-state index is 13.0. The molecule has 2 N–H and O–H groups in total. The summed E-state index contributed by atoms with van der Waals surface area (Å²) < 4.78 is 78.2. The summed E-state index contributed by atoms with van der Waals surface area (Å²) in [4.78, 5) is 10.3. The second kappa shape index (κ2) is 10.0. The molecule has 14 heteroatoms. The summed E-state index contributed by atoms with van der Waals surface area (Å²) in [6, 6.07) is 12.5. The molecule has 0 saturated carbocycles. The molecule has 0 aliphatic carbocycles. The van der Waals surface area contributed by atoms with Crippen molar-refractivity contribution in [2.24, 2.45) is 10.2 Å². The van der Waals surface area contributed by atoms with Gasteiger partial charge in [-0.25, -0.2) is 0 Å². The lowest BCUT2D eigenvalue weighted by Gasteiger charge is -2.16. The molecule has 0 radical (unpaired) electrons. The number of non-ortho nitro benzene ring substituents is 1. The van der Waals surface area contributed by atoms with Crippen molar-refractivity contribution in [1.29, 1.82) is 0 Å². The molecular weight excluding hydrogens is 500 g/mol. The number of azo groups is 1. The highest BCUT2D eigenvalue weighted by Gasteiger charge is 2.37. The minimum absolute atomic E-state index is 0.0114. The molecule has 7 nitrogen and oxygen atoms in total. The third-order valence-corrected chi connectivity index (χ3v) is 4.48. The lowest BCUT2D eigenvalue weighted by Crippen LogP contribution is -2.20. The van der Waals surface area contributed by atoms with Crippen LogP contribution in [0.2, 0.25) is 0 Å². The number of hydrogen-bond donors (Lipinski definition) is 2. The van der Waals surface area contributed by atoms with Crippen LogP contribution in [-0.4, -0.2) is 10.0 Å². The van der Waals surface area contributed by atoms with Crippen LogP contribution in [-0.2, 0) is 12.4 Å². The molecule has 3 aromatic rings. The fourth-order valence-corrected chi connectivity index (χ4v) is 2.99. The van der Waals surface area contributed by atoms with E-state index in [4.69, 9.17) is 12.2 Å². The first-order valence-electron chi connectivity index (χ1n) is 9.45. The predicted octanol–water partition coefficient (Wildman–Crippen LogP) is 7.86.